The van der Waals surface area contributed by atoms with E-state index in [1.54, 1.807) is 0 Å². The van der Waals surface area contributed by atoms with Crippen LogP contribution in [0.5, 0.6) is 0 Å². The fourth-order valence-electron chi connectivity index (χ4n) is 2.39. The maximum Gasteiger partial charge on any atom is 0.148 e. The minimum absolute atomic E-state index is 0.271. The molecule has 3 aromatic rings. The summed E-state index contributed by atoms with van der Waals surface area (Å²) in [4.78, 5) is 1.38. The van der Waals surface area contributed by atoms with Gasteiger partial charge in [0.2, 0.25) is 0 Å². The second kappa shape index (κ2) is 4.70. The van der Waals surface area contributed by atoms with Gasteiger partial charge in [0.25, 0.3) is 0 Å². The Hall–Kier alpha value is -1.81. The molecule has 2 aromatic heterocycles. The average molecular weight is 271 g/mol. The van der Waals surface area contributed by atoms with Crippen LogP contribution in [-0.2, 0) is 7.05 Å². The largest absolute Gasteiger partial charge is 0.361 e. The van der Waals surface area contributed by atoms with Gasteiger partial charge in [0.05, 0.1) is 6.04 Å². The minimum atomic E-state index is 0.271. The van der Waals surface area contributed by atoms with Gasteiger partial charge < -0.3 is 5.32 Å². The molecule has 2 heterocycles. The van der Waals surface area contributed by atoms with Crippen LogP contribution in [-0.4, -0.2) is 9.78 Å². The van der Waals surface area contributed by atoms with Gasteiger partial charge in [-0.15, -0.1) is 11.3 Å². The molecule has 1 atom stereocenters. The van der Waals surface area contributed by atoms with Crippen LogP contribution in [0, 0.1) is 6.92 Å². The van der Waals surface area contributed by atoms with Gasteiger partial charge in [-0.05, 0) is 30.9 Å². The average Bonchev–Trinajstić information content (AvgIpc) is 2.94. The summed E-state index contributed by atoms with van der Waals surface area (Å²) in [5.74, 6) is 0.923. The summed E-state index contributed by atoms with van der Waals surface area (Å²) >= 11 is 1.86. The third-order valence-electron chi connectivity index (χ3n) is 3.35. The number of hydrogen-bond donors (Lipinski definition) is 1. The van der Waals surface area contributed by atoms with E-state index in [4.69, 9.17) is 0 Å². The van der Waals surface area contributed by atoms with Crippen molar-refractivity contribution in [1.29, 1.82) is 0 Å². The molecular formula is C15H17N3S. The molecule has 0 aliphatic heterocycles. The first-order valence-electron chi connectivity index (χ1n) is 6.39. The number of aryl methyl sites for hydroxylation is 2. The second-order valence-electron chi connectivity index (χ2n) is 4.83. The van der Waals surface area contributed by atoms with E-state index in [0.29, 0.717) is 0 Å². The minimum Gasteiger partial charge on any atom is -0.361 e. The van der Waals surface area contributed by atoms with E-state index < -0.39 is 0 Å². The van der Waals surface area contributed by atoms with Crippen molar-refractivity contribution in [3.8, 4) is 0 Å². The van der Waals surface area contributed by atoms with Gasteiger partial charge in [-0.3, -0.25) is 4.68 Å². The number of nitrogens with zero attached hydrogens (tertiary/aromatic N) is 2. The van der Waals surface area contributed by atoms with Crippen molar-refractivity contribution in [2.24, 2.45) is 7.05 Å². The van der Waals surface area contributed by atoms with Gasteiger partial charge in [0, 0.05) is 28.9 Å². The van der Waals surface area contributed by atoms with Crippen LogP contribution in [0.3, 0.4) is 0 Å². The van der Waals surface area contributed by atoms with Gasteiger partial charge in [0.15, 0.2) is 0 Å². The molecule has 0 fully saturated rings. The molecule has 0 radical (unpaired) electrons. The lowest BCUT2D eigenvalue weighted by Gasteiger charge is -2.12. The Bertz CT molecular complexity index is 711. The predicted molar refractivity (Wildman–Crippen MR) is 81.8 cm³/mol. The fraction of sp³-hybridized carbons (Fsp3) is 0.267. The summed E-state index contributed by atoms with van der Waals surface area (Å²) in [6.07, 6.45) is 1.95. The lowest BCUT2D eigenvalue weighted by atomic mass is 10.1. The van der Waals surface area contributed by atoms with E-state index in [2.05, 4.69) is 48.5 Å². The van der Waals surface area contributed by atoms with Crippen LogP contribution in [0.1, 0.15) is 23.4 Å². The fourth-order valence-corrected chi connectivity index (χ4v) is 3.60. The molecule has 1 unspecified atom stereocenters. The maximum absolute atomic E-state index is 4.37. The summed E-state index contributed by atoms with van der Waals surface area (Å²) in [5, 5.41) is 9.19. The molecule has 0 spiro atoms. The number of nitrogens with one attached hydrogen (secondary N) is 1. The van der Waals surface area contributed by atoms with E-state index >= 15 is 0 Å². The van der Waals surface area contributed by atoms with E-state index in [0.717, 1.165) is 5.82 Å². The molecule has 0 saturated carbocycles. The quantitative estimate of drug-likeness (QED) is 0.776. The van der Waals surface area contributed by atoms with Crippen molar-refractivity contribution in [3.63, 3.8) is 0 Å². The molecule has 0 aliphatic carbocycles. The van der Waals surface area contributed by atoms with Crippen LogP contribution >= 0.6 is 11.3 Å². The first-order valence-corrected chi connectivity index (χ1v) is 7.21. The molecule has 0 aliphatic rings. The lowest BCUT2D eigenvalue weighted by Crippen LogP contribution is -2.06. The number of rotatable bonds is 3. The zero-order valence-electron chi connectivity index (χ0n) is 11.3. The van der Waals surface area contributed by atoms with Crippen LogP contribution < -0.4 is 5.32 Å². The summed E-state index contributed by atoms with van der Waals surface area (Å²) in [6, 6.07) is 10.8. The number of hydrogen-bond acceptors (Lipinski definition) is 3. The predicted octanol–water partition coefficient (Wildman–Crippen LogP) is 4.12. The Balaban J connectivity index is 1.93. The van der Waals surface area contributed by atoms with Gasteiger partial charge >= 0.3 is 0 Å². The molecule has 0 amide bonds. The number of anilines is 1. The van der Waals surface area contributed by atoms with Crippen LogP contribution in [0.4, 0.5) is 5.82 Å². The van der Waals surface area contributed by atoms with Gasteiger partial charge in [-0.25, -0.2) is 0 Å². The Morgan fingerprint density at radius 1 is 1.26 bits per heavy atom. The number of aromatic nitrogens is 2. The highest BCUT2D eigenvalue weighted by Gasteiger charge is 2.14. The highest BCUT2D eigenvalue weighted by Crippen LogP contribution is 2.35. The highest BCUT2D eigenvalue weighted by molar-refractivity contribution is 7.19. The third kappa shape index (κ3) is 2.24. The van der Waals surface area contributed by atoms with Gasteiger partial charge in [-0.1, -0.05) is 18.2 Å². The van der Waals surface area contributed by atoms with E-state index in [9.17, 15) is 0 Å². The first-order chi connectivity index (χ1) is 9.15. The molecule has 1 N–H and O–H groups in total. The summed E-state index contributed by atoms with van der Waals surface area (Å²) in [5.41, 5.74) is 1.37. The van der Waals surface area contributed by atoms with Crippen LogP contribution in [0.25, 0.3) is 10.1 Å². The van der Waals surface area contributed by atoms with Crippen molar-refractivity contribution >= 4 is 27.2 Å². The number of thiophene rings is 1. The number of fused-ring (bicyclic) bond motifs is 1. The summed E-state index contributed by atoms with van der Waals surface area (Å²) < 4.78 is 3.16. The molecule has 3 rings (SSSR count). The highest BCUT2D eigenvalue weighted by atomic mass is 32.1. The molecule has 4 heteroatoms. The lowest BCUT2D eigenvalue weighted by molar-refractivity contribution is 0.761. The maximum atomic E-state index is 4.37. The smallest absolute Gasteiger partial charge is 0.148 e. The molecule has 0 saturated heterocycles. The molecule has 98 valence electrons. The summed E-state index contributed by atoms with van der Waals surface area (Å²) in [7, 11) is 1.93. The van der Waals surface area contributed by atoms with E-state index in [1.807, 2.05) is 35.3 Å². The number of benzene rings is 1. The molecule has 19 heavy (non-hydrogen) atoms. The first kappa shape index (κ1) is 12.2. The summed E-state index contributed by atoms with van der Waals surface area (Å²) in [6.45, 7) is 4.39. The standard InChI is InChI=1S/C15H17N3S/c1-10-12-6-4-5-7-13(12)19-15(10)11(2)16-14-8-9-18(3)17-14/h4-9,11H,1-3H3,(H,16,17). The van der Waals surface area contributed by atoms with E-state index in [1.165, 1.54) is 20.5 Å². The van der Waals surface area contributed by atoms with Crippen molar-refractivity contribution in [3.05, 3.63) is 47.0 Å². The van der Waals surface area contributed by atoms with Crippen molar-refractivity contribution < 1.29 is 0 Å². The zero-order valence-corrected chi connectivity index (χ0v) is 12.2. The van der Waals surface area contributed by atoms with Crippen LogP contribution in [0.2, 0.25) is 0 Å². The molecule has 3 nitrogen and oxygen atoms in total. The van der Waals surface area contributed by atoms with Crippen LogP contribution in [0.15, 0.2) is 36.5 Å². The molecule has 1 aromatic carbocycles. The van der Waals surface area contributed by atoms with E-state index in [-0.39, 0.29) is 6.04 Å². The normalized spacial score (nSPS) is 12.8. The topological polar surface area (TPSA) is 29.9 Å². The second-order valence-corrected chi connectivity index (χ2v) is 5.91. The van der Waals surface area contributed by atoms with Crippen molar-refractivity contribution in [2.75, 3.05) is 5.32 Å². The van der Waals surface area contributed by atoms with Gasteiger partial charge in [0.1, 0.15) is 5.82 Å². The Labute approximate surface area is 116 Å². The third-order valence-corrected chi connectivity index (χ3v) is 4.81. The zero-order chi connectivity index (χ0) is 13.4. The van der Waals surface area contributed by atoms with Gasteiger partial charge in [-0.2, -0.15) is 5.10 Å². The SMILES string of the molecule is Cc1c(C(C)Nc2ccn(C)n2)sc2ccccc12. The van der Waals surface area contributed by atoms with Crippen molar-refractivity contribution in [1.82, 2.24) is 9.78 Å². The Morgan fingerprint density at radius 3 is 2.74 bits per heavy atom. The van der Waals surface area contributed by atoms with Crippen molar-refractivity contribution in [2.45, 2.75) is 19.9 Å². The monoisotopic (exact) mass is 271 g/mol. The molecular weight excluding hydrogens is 254 g/mol. The Kier molecular flexibility index (Phi) is 3.03. The molecule has 0 bridgehead atoms. The Morgan fingerprint density at radius 2 is 2.05 bits per heavy atom.